The van der Waals surface area contributed by atoms with E-state index in [1.807, 2.05) is 42.8 Å². The number of carbonyl (C=O) groups excluding carboxylic acids is 1. The van der Waals surface area contributed by atoms with E-state index in [0.29, 0.717) is 36.2 Å². The van der Waals surface area contributed by atoms with Gasteiger partial charge in [0.15, 0.2) is 0 Å². The lowest BCUT2D eigenvalue weighted by Gasteiger charge is -2.16. The van der Waals surface area contributed by atoms with E-state index >= 15 is 0 Å². The van der Waals surface area contributed by atoms with Crippen molar-refractivity contribution in [2.24, 2.45) is 0 Å². The zero-order valence-corrected chi connectivity index (χ0v) is 24.4. The Morgan fingerprint density at radius 3 is 2.68 bits per heavy atom. The van der Waals surface area contributed by atoms with Crippen molar-refractivity contribution in [3.63, 3.8) is 0 Å². The predicted molar refractivity (Wildman–Crippen MR) is 155 cm³/mol. The molecule has 0 aliphatic heterocycles. The zero-order valence-electron chi connectivity index (χ0n) is 22.6. The van der Waals surface area contributed by atoms with Crippen molar-refractivity contribution in [2.75, 3.05) is 12.3 Å². The third kappa shape index (κ3) is 6.97. The van der Waals surface area contributed by atoms with Gasteiger partial charge in [-0.2, -0.15) is 0 Å². The minimum atomic E-state index is -1.15. The van der Waals surface area contributed by atoms with Crippen LogP contribution in [0.1, 0.15) is 38.4 Å². The lowest BCUT2D eigenvalue weighted by atomic mass is 10.1. The van der Waals surface area contributed by atoms with Gasteiger partial charge in [0.25, 0.3) is 5.91 Å². The van der Waals surface area contributed by atoms with Gasteiger partial charge >= 0.3 is 0 Å². The minimum Gasteiger partial charge on any atom is -0.384 e. The van der Waals surface area contributed by atoms with E-state index < -0.39 is 8.07 Å². The molecule has 0 atom stereocenters. The van der Waals surface area contributed by atoms with Crippen LogP contribution in [-0.4, -0.2) is 40.1 Å². The number of aryl methyl sites for hydroxylation is 2. The first-order valence-electron chi connectivity index (χ1n) is 12.7. The first kappa shape index (κ1) is 27.8. The van der Waals surface area contributed by atoms with E-state index in [9.17, 15) is 4.79 Å². The zero-order chi connectivity index (χ0) is 27.4. The van der Waals surface area contributed by atoms with Gasteiger partial charge in [-0.25, -0.2) is 9.97 Å². The summed E-state index contributed by atoms with van der Waals surface area (Å²) in [7, 11) is -1.15. The third-order valence-electron chi connectivity index (χ3n) is 6.42. The predicted octanol–water partition coefficient (Wildman–Crippen LogP) is 5.51. The molecule has 0 fully saturated rings. The van der Waals surface area contributed by atoms with Crippen molar-refractivity contribution < 1.29 is 9.53 Å². The van der Waals surface area contributed by atoms with Crippen molar-refractivity contribution in [3.05, 3.63) is 81.5 Å². The molecule has 200 valence electrons. The van der Waals surface area contributed by atoms with Crippen molar-refractivity contribution in [1.82, 2.24) is 24.8 Å². The van der Waals surface area contributed by atoms with Gasteiger partial charge in [-0.3, -0.25) is 14.3 Å². The number of carbonyl (C=O) groups is 1. The number of fused-ring (bicyclic) bond motifs is 1. The van der Waals surface area contributed by atoms with Gasteiger partial charge in [0.05, 0.1) is 0 Å². The van der Waals surface area contributed by atoms with Crippen molar-refractivity contribution in [3.8, 4) is 0 Å². The maximum Gasteiger partial charge on any atom is 0.251 e. The summed E-state index contributed by atoms with van der Waals surface area (Å²) in [5.41, 5.74) is 11.7. The molecule has 0 aliphatic carbocycles. The van der Waals surface area contributed by atoms with Crippen molar-refractivity contribution >= 4 is 42.4 Å². The molecule has 38 heavy (non-hydrogen) atoms. The average Bonchev–Trinajstić information content (AvgIpc) is 3.14. The number of amides is 1. The number of halogens is 1. The smallest absolute Gasteiger partial charge is 0.251 e. The number of aromatic nitrogens is 4. The molecule has 0 aromatic carbocycles. The Kier molecular flexibility index (Phi) is 8.50. The van der Waals surface area contributed by atoms with Crippen LogP contribution in [0, 0.1) is 13.8 Å². The van der Waals surface area contributed by atoms with Crippen LogP contribution < -0.4 is 11.1 Å². The van der Waals surface area contributed by atoms with Crippen LogP contribution in [0.3, 0.4) is 0 Å². The number of ether oxygens (including phenoxy) is 1. The fraction of sp³-hybridized carbons (Fsp3) is 0.357. The molecular weight excluding hydrogens is 516 g/mol. The van der Waals surface area contributed by atoms with Crippen LogP contribution in [0.2, 0.25) is 30.8 Å². The lowest BCUT2D eigenvalue weighted by Crippen LogP contribution is -2.24. The van der Waals surface area contributed by atoms with Gasteiger partial charge in [0.2, 0.25) is 0 Å². The number of rotatable bonds is 10. The number of pyridine rings is 3. The Bertz CT molecular complexity index is 1440. The number of nitrogen functional groups attached to an aromatic ring is 1. The molecule has 8 nitrogen and oxygen atoms in total. The highest BCUT2D eigenvalue weighted by Crippen LogP contribution is 2.24. The van der Waals surface area contributed by atoms with Gasteiger partial charge in [-0.05, 0) is 66.9 Å². The summed E-state index contributed by atoms with van der Waals surface area (Å²) in [6.07, 6.45) is 4.02. The van der Waals surface area contributed by atoms with Crippen LogP contribution in [0.15, 0.2) is 42.7 Å². The number of nitrogens with one attached hydrogen (secondary N) is 1. The molecule has 4 heterocycles. The van der Waals surface area contributed by atoms with E-state index in [1.54, 1.807) is 12.3 Å². The molecule has 4 aromatic heterocycles. The molecule has 4 aromatic rings. The van der Waals surface area contributed by atoms with Gasteiger partial charge in [-0.1, -0.05) is 31.2 Å². The standard InChI is InChI=1S/C28H35ClN6O2Si/c1-18-10-26(30)34-19(2)24(18)16-33-28(36)21-6-7-31-23(13-21)12-20-11-22-14-25(29)35(27(22)32-15-20)17-37-8-9-38(3,4)5/h6-7,10-11,13-15H,8-9,12,16-17H2,1-5H3,(H2,30,34)(H,33,36). The monoisotopic (exact) mass is 550 g/mol. The summed E-state index contributed by atoms with van der Waals surface area (Å²) < 4.78 is 7.77. The average molecular weight is 551 g/mol. The van der Waals surface area contributed by atoms with Crippen LogP contribution in [0.25, 0.3) is 11.0 Å². The Hall–Kier alpha value is -3.27. The Morgan fingerprint density at radius 1 is 1.16 bits per heavy atom. The second-order valence-electron chi connectivity index (χ2n) is 10.8. The molecule has 0 bridgehead atoms. The Morgan fingerprint density at radius 2 is 1.95 bits per heavy atom. The number of nitrogens with two attached hydrogens (primary N) is 1. The summed E-state index contributed by atoms with van der Waals surface area (Å²) in [6.45, 7) is 12.3. The molecule has 0 radical (unpaired) electrons. The molecule has 0 spiro atoms. The number of hydrogen-bond donors (Lipinski definition) is 2. The summed E-state index contributed by atoms with van der Waals surface area (Å²) >= 11 is 6.49. The van der Waals surface area contributed by atoms with Gasteiger partial charge in [0, 0.05) is 62.4 Å². The molecule has 0 saturated carbocycles. The highest BCUT2D eigenvalue weighted by Gasteiger charge is 2.15. The maximum atomic E-state index is 12.9. The number of hydrogen-bond acceptors (Lipinski definition) is 6. The van der Waals surface area contributed by atoms with Crippen LogP contribution >= 0.6 is 11.6 Å². The van der Waals surface area contributed by atoms with E-state index in [0.717, 1.165) is 51.8 Å². The summed E-state index contributed by atoms with van der Waals surface area (Å²) in [5.74, 6) is 0.307. The van der Waals surface area contributed by atoms with Gasteiger partial charge < -0.3 is 15.8 Å². The fourth-order valence-corrected chi connectivity index (χ4v) is 5.27. The number of anilines is 1. The van der Waals surface area contributed by atoms with E-state index in [-0.39, 0.29) is 5.91 Å². The van der Waals surface area contributed by atoms with E-state index in [4.69, 9.17) is 22.1 Å². The summed E-state index contributed by atoms with van der Waals surface area (Å²) in [6, 6.07) is 10.4. The molecule has 0 aliphatic rings. The number of nitrogens with zero attached hydrogens (tertiary/aromatic N) is 4. The van der Waals surface area contributed by atoms with Gasteiger partial charge in [-0.15, -0.1) is 0 Å². The largest absolute Gasteiger partial charge is 0.384 e. The first-order chi connectivity index (χ1) is 18.0. The molecular formula is C28H35ClN6O2Si. The quantitative estimate of drug-likeness (QED) is 0.199. The highest BCUT2D eigenvalue weighted by molar-refractivity contribution is 6.76. The van der Waals surface area contributed by atoms with Gasteiger partial charge in [0.1, 0.15) is 23.3 Å². The normalized spacial score (nSPS) is 11.7. The topological polar surface area (TPSA) is 108 Å². The Labute approximate surface area is 229 Å². The highest BCUT2D eigenvalue weighted by atomic mass is 35.5. The van der Waals surface area contributed by atoms with Crippen LogP contribution in [-0.2, 0) is 24.4 Å². The van der Waals surface area contributed by atoms with Crippen molar-refractivity contribution in [1.29, 1.82) is 0 Å². The van der Waals surface area contributed by atoms with Crippen LogP contribution in [0.5, 0.6) is 0 Å². The molecule has 0 saturated heterocycles. The molecule has 10 heteroatoms. The Balaban J connectivity index is 1.42. The van der Waals surface area contributed by atoms with E-state index in [1.165, 1.54) is 0 Å². The lowest BCUT2D eigenvalue weighted by molar-refractivity contribution is 0.0900. The maximum absolute atomic E-state index is 12.9. The van der Waals surface area contributed by atoms with Crippen LogP contribution in [0.4, 0.5) is 5.82 Å². The fourth-order valence-electron chi connectivity index (χ4n) is 4.26. The molecule has 3 N–H and O–H groups in total. The second kappa shape index (κ2) is 11.6. The third-order valence-corrected chi connectivity index (χ3v) is 8.44. The summed E-state index contributed by atoms with van der Waals surface area (Å²) in [4.78, 5) is 26.3. The summed E-state index contributed by atoms with van der Waals surface area (Å²) in [5, 5.41) is 4.52. The van der Waals surface area contributed by atoms with E-state index in [2.05, 4.69) is 46.0 Å². The first-order valence-corrected chi connectivity index (χ1v) is 16.8. The SMILES string of the molecule is Cc1cc(N)nc(C)c1CNC(=O)c1ccnc(Cc2cnc3c(c2)cc(Cl)n3COCC[Si](C)(C)C)c1. The minimum absolute atomic E-state index is 0.171. The molecule has 0 unspecified atom stereocenters. The second-order valence-corrected chi connectivity index (χ2v) is 16.8. The molecule has 1 amide bonds. The van der Waals surface area contributed by atoms with Crippen molar-refractivity contribution in [2.45, 2.75) is 59.2 Å². The molecule has 4 rings (SSSR count).